The van der Waals surface area contributed by atoms with Crippen LogP contribution < -0.4 is 4.74 Å². The standard InChI is InChI=1S/C17H15ClO4S/c1-2-14(19)11-3-6-13(7-4-11)23-16-9-12(18)5-8-15(16)22-10-17(20)21/h3-9H,2,10H2,1H3,(H,20,21). The lowest BCUT2D eigenvalue weighted by Gasteiger charge is -2.10. The zero-order valence-corrected chi connectivity index (χ0v) is 14.0. The molecule has 120 valence electrons. The highest BCUT2D eigenvalue weighted by atomic mass is 35.5. The Bertz CT molecular complexity index is 713. The topological polar surface area (TPSA) is 63.6 Å². The maximum Gasteiger partial charge on any atom is 0.341 e. The van der Waals surface area contributed by atoms with Crippen molar-refractivity contribution in [1.29, 1.82) is 0 Å². The first kappa shape index (κ1) is 17.4. The molecule has 0 heterocycles. The van der Waals surface area contributed by atoms with Gasteiger partial charge in [0.1, 0.15) is 5.75 Å². The molecule has 4 nitrogen and oxygen atoms in total. The summed E-state index contributed by atoms with van der Waals surface area (Å²) in [5, 5.41) is 9.26. The van der Waals surface area contributed by atoms with Crippen molar-refractivity contribution in [2.45, 2.75) is 23.1 Å². The predicted octanol–water partition coefficient (Wildman–Crippen LogP) is 4.55. The first-order chi connectivity index (χ1) is 11.0. The van der Waals surface area contributed by atoms with Crippen molar-refractivity contribution >= 4 is 35.1 Å². The molecule has 0 aromatic heterocycles. The van der Waals surface area contributed by atoms with Crippen molar-refractivity contribution in [3.8, 4) is 5.75 Å². The number of carboxylic acids is 1. The normalized spacial score (nSPS) is 10.3. The van der Waals surface area contributed by atoms with E-state index >= 15 is 0 Å². The maximum absolute atomic E-state index is 11.6. The second-order valence-electron chi connectivity index (χ2n) is 4.68. The Balaban J connectivity index is 2.19. The third kappa shape index (κ3) is 5.01. The Morgan fingerprint density at radius 3 is 2.48 bits per heavy atom. The van der Waals surface area contributed by atoms with Crippen molar-refractivity contribution in [2.75, 3.05) is 6.61 Å². The summed E-state index contributed by atoms with van der Waals surface area (Å²) in [5.41, 5.74) is 0.672. The highest BCUT2D eigenvalue weighted by molar-refractivity contribution is 7.99. The zero-order valence-electron chi connectivity index (χ0n) is 12.4. The van der Waals surface area contributed by atoms with E-state index in [2.05, 4.69) is 0 Å². The molecule has 0 bridgehead atoms. The van der Waals surface area contributed by atoms with Crippen LogP contribution in [-0.2, 0) is 4.79 Å². The summed E-state index contributed by atoms with van der Waals surface area (Å²) in [7, 11) is 0. The fourth-order valence-electron chi connectivity index (χ4n) is 1.86. The van der Waals surface area contributed by atoms with E-state index in [0.717, 1.165) is 4.90 Å². The Morgan fingerprint density at radius 1 is 1.17 bits per heavy atom. The van der Waals surface area contributed by atoms with Gasteiger partial charge < -0.3 is 9.84 Å². The highest BCUT2D eigenvalue weighted by Crippen LogP contribution is 2.37. The molecule has 0 saturated carbocycles. The summed E-state index contributed by atoms with van der Waals surface area (Å²) in [6.45, 7) is 1.40. The number of rotatable bonds is 7. The van der Waals surface area contributed by atoms with Gasteiger partial charge in [-0.3, -0.25) is 4.79 Å². The molecule has 0 amide bonds. The number of benzene rings is 2. The lowest BCUT2D eigenvalue weighted by molar-refractivity contribution is -0.139. The number of hydrogen-bond acceptors (Lipinski definition) is 4. The van der Waals surface area contributed by atoms with E-state index in [-0.39, 0.29) is 5.78 Å². The van der Waals surface area contributed by atoms with Gasteiger partial charge in [0.05, 0.1) is 4.90 Å². The first-order valence-electron chi connectivity index (χ1n) is 6.95. The number of Topliss-reactive ketones (excluding diaryl/α,β-unsaturated/α-hetero) is 1. The van der Waals surface area contributed by atoms with E-state index in [0.29, 0.717) is 27.7 Å². The van der Waals surface area contributed by atoms with Crippen LogP contribution in [0.5, 0.6) is 5.75 Å². The van der Waals surface area contributed by atoms with Gasteiger partial charge in [-0.15, -0.1) is 0 Å². The monoisotopic (exact) mass is 350 g/mol. The van der Waals surface area contributed by atoms with E-state index < -0.39 is 12.6 Å². The summed E-state index contributed by atoms with van der Waals surface area (Å²) in [4.78, 5) is 23.9. The number of ketones is 1. The molecule has 0 atom stereocenters. The summed E-state index contributed by atoms with van der Waals surface area (Å²) in [6.07, 6.45) is 0.466. The number of aliphatic carboxylic acids is 1. The summed E-state index contributed by atoms with van der Waals surface area (Å²) in [6, 6.07) is 12.2. The van der Waals surface area contributed by atoms with Crippen molar-refractivity contribution in [3.63, 3.8) is 0 Å². The van der Waals surface area contributed by atoms with E-state index in [4.69, 9.17) is 21.4 Å². The van der Waals surface area contributed by atoms with Crippen LogP contribution in [0.4, 0.5) is 0 Å². The Morgan fingerprint density at radius 2 is 1.87 bits per heavy atom. The van der Waals surface area contributed by atoms with Crippen LogP contribution in [-0.4, -0.2) is 23.5 Å². The number of carbonyl (C=O) groups excluding carboxylic acids is 1. The van der Waals surface area contributed by atoms with Crippen LogP contribution in [0, 0.1) is 0 Å². The third-order valence-electron chi connectivity index (χ3n) is 2.98. The molecule has 2 rings (SSSR count). The van der Waals surface area contributed by atoms with E-state index in [9.17, 15) is 9.59 Å². The van der Waals surface area contributed by atoms with Crippen LogP contribution >= 0.6 is 23.4 Å². The van der Waals surface area contributed by atoms with Gasteiger partial charge in [0.25, 0.3) is 0 Å². The number of carboxylic acid groups (broad SMARTS) is 1. The molecule has 0 spiro atoms. The van der Waals surface area contributed by atoms with Crippen LogP contribution in [0.1, 0.15) is 23.7 Å². The summed E-state index contributed by atoms with van der Waals surface area (Å²) >= 11 is 7.40. The van der Waals surface area contributed by atoms with E-state index in [1.165, 1.54) is 11.8 Å². The number of hydrogen-bond donors (Lipinski definition) is 1. The minimum Gasteiger partial charge on any atom is -0.481 e. The molecule has 0 fully saturated rings. The van der Waals surface area contributed by atoms with Gasteiger partial charge in [-0.25, -0.2) is 4.79 Å². The largest absolute Gasteiger partial charge is 0.481 e. The smallest absolute Gasteiger partial charge is 0.341 e. The predicted molar refractivity (Wildman–Crippen MR) is 89.8 cm³/mol. The number of carbonyl (C=O) groups is 2. The highest BCUT2D eigenvalue weighted by Gasteiger charge is 2.10. The molecular weight excluding hydrogens is 336 g/mol. The van der Waals surface area contributed by atoms with Gasteiger partial charge in [-0.2, -0.15) is 0 Å². The molecule has 0 aliphatic rings. The second kappa shape index (κ2) is 8.04. The van der Waals surface area contributed by atoms with Gasteiger partial charge in [0.15, 0.2) is 12.4 Å². The first-order valence-corrected chi connectivity index (χ1v) is 8.14. The van der Waals surface area contributed by atoms with Gasteiger partial charge >= 0.3 is 5.97 Å². The van der Waals surface area contributed by atoms with Crippen LogP contribution in [0.25, 0.3) is 0 Å². The van der Waals surface area contributed by atoms with Gasteiger partial charge in [-0.1, -0.05) is 42.4 Å². The van der Waals surface area contributed by atoms with Crippen molar-refractivity contribution in [2.24, 2.45) is 0 Å². The fraction of sp³-hybridized carbons (Fsp3) is 0.176. The Kier molecular flexibility index (Phi) is 6.07. The molecule has 0 aliphatic carbocycles. The molecule has 6 heteroatoms. The lowest BCUT2D eigenvalue weighted by atomic mass is 10.1. The maximum atomic E-state index is 11.6. The van der Waals surface area contributed by atoms with Gasteiger partial charge in [-0.05, 0) is 30.3 Å². The molecule has 2 aromatic carbocycles. The summed E-state index contributed by atoms with van der Waals surface area (Å²) in [5.74, 6) is -0.497. The number of halogens is 1. The average Bonchev–Trinajstić information content (AvgIpc) is 2.54. The number of ether oxygens (including phenoxy) is 1. The second-order valence-corrected chi connectivity index (χ2v) is 6.23. The van der Waals surface area contributed by atoms with Crippen LogP contribution in [0.3, 0.4) is 0 Å². The zero-order chi connectivity index (χ0) is 16.8. The fourth-order valence-corrected chi connectivity index (χ4v) is 3.04. The lowest BCUT2D eigenvalue weighted by Crippen LogP contribution is -2.09. The molecule has 2 aromatic rings. The van der Waals surface area contributed by atoms with Crippen LogP contribution in [0.15, 0.2) is 52.3 Å². The molecular formula is C17H15ClO4S. The van der Waals surface area contributed by atoms with Crippen LogP contribution in [0.2, 0.25) is 5.02 Å². The van der Waals surface area contributed by atoms with Crippen molar-refractivity contribution in [3.05, 3.63) is 53.1 Å². The minimum absolute atomic E-state index is 0.0924. The van der Waals surface area contributed by atoms with Crippen molar-refractivity contribution in [1.82, 2.24) is 0 Å². The molecule has 0 unspecified atom stereocenters. The molecule has 0 saturated heterocycles. The van der Waals surface area contributed by atoms with Gasteiger partial charge in [0.2, 0.25) is 0 Å². The quantitative estimate of drug-likeness (QED) is 0.742. The SMILES string of the molecule is CCC(=O)c1ccc(Sc2cc(Cl)ccc2OCC(=O)O)cc1. The molecule has 23 heavy (non-hydrogen) atoms. The molecule has 0 aliphatic heterocycles. The Hall–Kier alpha value is -1.98. The molecule has 0 radical (unpaired) electrons. The Labute approximate surface area is 143 Å². The summed E-state index contributed by atoms with van der Waals surface area (Å²) < 4.78 is 5.27. The van der Waals surface area contributed by atoms with Gasteiger partial charge in [0, 0.05) is 21.9 Å². The van der Waals surface area contributed by atoms with Crippen molar-refractivity contribution < 1.29 is 19.4 Å². The van der Waals surface area contributed by atoms with E-state index in [1.54, 1.807) is 30.3 Å². The van der Waals surface area contributed by atoms with E-state index in [1.807, 2.05) is 19.1 Å². The minimum atomic E-state index is -1.04. The third-order valence-corrected chi connectivity index (χ3v) is 4.26. The molecule has 1 N–H and O–H groups in total. The average molecular weight is 351 g/mol.